The quantitative estimate of drug-likeness (QED) is 0.352. The molecular weight excluding hydrogens is 240 g/mol. The van der Waals surface area contributed by atoms with Gasteiger partial charge in [-0.2, -0.15) is 0 Å². The normalized spacial score (nSPS) is 12.4. The van der Waals surface area contributed by atoms with Gasteiger partial charge in [-0.25, -0.2) is 0 Å². The molecule has 0 unspecified atom stereocenters. The van der Waals surface area contributed by atoms with Crippen molar-refractivity contribution in [2.45, 2.75) is 90.5 Å². The molecule has 0 amide bonds. The summed E-state index contributed by atoms with van der Waals surface area (Å²) >= 11 is 0. The molecule has 0 aromatic rings. The summed E-state index contributed by atoms with van der Waals surface area (Å²) in [7, 11) is -1.79. The maximum atomic E-state index is 6.14. The predicted molar refractivity (Wildman–Crippen MR) is 83.5 cm³/mol. The summed E-state index contributed by atoms with van der Waals surface area (Å²) in [5, 5.41) is 0. The Bertz CT molecular complexity index is 170. The molecule has 0 heterocycles. The summed E-state index contributed by atoms with van der Waals surface area (Å²) < 4.78 is 6.14. The summed E-state index contributed by atoms with van der Waals surface area (Å²) in [6, 6.07) is 1.36. The van der Waals surface area contributed by atoms with Gasteiger partial charge in [0.25, 0.3) is 0 Å². The molecule has 0 aromatic heterocycles. The van der Waals surface area contributed by atoms with Crippen molar-refractivity contribution in [3.8, 4) is 0 Å². The van der Waals surface area contributed by atoms with Gasteiger partial charge < -0.3 is 4.12 Å². The van der Waals surface area contributed by atoms with Gasteiger partial charge in [0.15, 0.2) is 17.4 Å². The largest absolute Gasteiger partial charge is 0.456 e. The Labute approximate surface area is 112 Å². The van der Waals surface area contributed by atoms with E-state index < -0.39 is 17.4 Å². The molecule has 0 aliphatic rings. The highest BCUT2D eigenvalue weighted by molar-refractivity contribution is 6.77. The second-order valence-electron chi connectivity index (χ2n) is 5.99. The maximum absolute atomic E-state index is 6.14. The van der Waals surface area contributed by atoms with E-state index in [9.17, 15) is 0 Å². The highest BCUT2D eigenvalue weighted by Gasteiger charge is 2.22. The van der Waals surface area contributed by atoms with Crippen molar-refractivity contribution in [2.24, 2.45) is 0 Å². The molecule has 0 atom stereocenters. The Balaban J connectivity index is 3.32. The summed E-state index contributed by atoms with van der Waals surface area (Å²) in [5.74, 6) is 0. The first-order chi connectivity index (χ1) is 7.98. The van der Waals surface area contributed by atoms with Crippen LogP contribution in [-0.4, -0.2) is 17.4 Å². The molecule has 0 fully saturated rings. The van der Waals surface area contributed by atoms with Crippen LogP contribution in [-0.2, 0) is 4.12 Å². The van der Waals surface area contributed by atoms with Crippen molar-refractivity contribution in [2.75, 3.05) is 0 Å². The SMILES string of the molecule is CCCCCCCCCC[Si](C)(C)O[Si](C)C. The van der Waals surface area contributed by atoms with Gasteiger partial charge in [0.05, 0.1) is 0 Å². The lowest BCUT2D eigenvalue weighted by Crippen LogP contribution is -2.34. The molecule has 103 valence electrons. The predicted octanol–water partition coefficient (Wildman–Crippen LogP) is 5.60. The van der Waals surface area contributed by atoms with Crippen LogP contribution in [0.2, 0.25) is 32.2 Å². The molecule has 1 radical (unpaired) electrons. The Morgan fingerprint density at radius 2 is 1.29 bits per heavy atom. The summed E-state index contributed by atoms with van der Waals surface area (Å²) in [6.45, 7) is 11.6. The van der Waals surface area contributed by atoms with Crippen LogP contribution in [0.25, 0.3) is 0 Å². The van der Waals surface area contributed by atoms with E-state index in [-0.39, 0.29) is 0 Å². The van der Waals surface area contributed by atoms with E-state index in [2.05, 4.69) is 33.1 Å². The van der Waals surface area contributed by atoms with E-state index in [0.717, 1.165) is 0 Å². The minimum Gasteiger partial charge on any atom is -0.456 e. The highest BCUT2D eigenvalue weighted by Crippen LogP contribution is 2.18. The average Bonchev–Trinajstić information content (AvgIpc) is 2.20. The Morgan fingerprint density at radius 1 is 0.824 bits per heavy atom. The van der Waals surface area contributed by atoms with Gasteiger partial charge in [-0.1, -0.05) is 58.3 Å². The first-order valence-electron chi connectivity index (χ1n) is 7.47. The fourth-order valence-electron chi connectivity index (χ4n) is 2.29. The van der Waals surface area contributed by atoms with Crippen LogP contribution in [0.15, 0.2) is 0 Å². The van der Waals surface area contributed by atoms with E-state index in [1.165, 1.54) is 57.4 Å². The zero-order valence-electron chi connectivity index (χ0n) is 12.8. The monoisotopic (exact) mass is 273 g/mol. The van der Waals surface area contributed by atoms with Crippen molar-refractivity contribution >= 4 is 17.4 Å². The smallest absolute Gasteiger partial charge is 0.191 e. The van der Waals surface area contributed by atoms with Crippen LogP contribution < -0.4 is 0 Å². The first kappa shape index (κ1) is 17.4. The molecule has 0 spiro atoms. The van der Waals surface area contributed by atoms with Crippen LogP contribution >= 0.6 is 0 Å². The minimum atomic E-state index is -1.30. The number of unbranched alkanes of at least 4 members (excludes halogenated alkanes) is 7. The van der Waals surface area contributed by atoms with Crippen molar-refractivity contribution in [3.05, 3.63) is 0 Å². The molecule has 0 N–H and O–H groups in total. The molecule has 0 rings (SSSR count). The van der Waals surface area contributed by atoms with Crippen LogP contribution in [0.5, 0.6) is 0 Å². The summed E-state index contributed by atoms with van der Waals surface area (Å²) in [4.78, 5) is 0. The van der Waals surface area contributed by atoms with Crippen LogP contribution in [0.1, 0.15) is 58.3 Å². The third kappa shape index (κ3) is 12.6. The molecule has 3 heteroatoms. The molecule has 17 heavy (non-hydrogen) atoms. The Hall–Kier alpha value is 0.394. The molecule has 0 saturated heterocycles. The van der Waals surface area contributed by atoms with E-state index in [1.54, 1.807) is 0 Å². The van der Waals surface area contributed by atoms with Crippen molar-refractivity contribution in [1.29, 1.82) is 0 Å². The van der Waals surface area contributed by atoms with Gasteiger partial charge in [0.1, 0.15) is 0 Å². The van der Waals surface area contributed by atoms with Crippen LogP contribution in [0, 0.1) is 0 Å². The average molecular weight is 274 g/mol. The minimum absolute atomic E-state index is 0.487. The van der Waals surface area contributed by atoms with Crippen molar-refractivity contribution in [1.82, 2.24) is 0 Å². The van der Waals surface area contributed by atoms with Crippen molar-refractivity contribution < 1.29 is 4.12 Å². The lowest BCUT2D eigenvalue weighted by Gasteiger charge is -2.25. The van der Waals surface area contributed by atoms with Gasteiger partial charge in [0.2, 0.25) is 0 Å². The lowest BCUT2D eigenvalue weighted by molar-refractivity contribution is 0.549. The molecule has 0 aliphatic heterocycles. The zero-order valence-corrected chi connectivity index (χ0v) is 14.8. The van der Waals surface area contributed by atoms with Gasteiger partial charge in [0, 0.05) is 0 Å². The Kier molecular flexibility index (Phi) is 10.6. The number of hydrogen-bond acceptors (Lipinski definition) is 1. The van der Waals surface area contributed by atoms with Gasteiger partial charge in [-0.05, 0) is 32.2 Å². The molecular formula is C14H33OSi2. The zero-order chi connectivity index (χ0) is 13.1. The molecule has 0 saturated carbocycles. The molecule has 0 aliphatic carbocycles. The first-order valence-corrected chi connectivity index (χ1v) is 13.0. The number of rotatable bonds is 11. The topological polar surface area (TPSA) is 9.23 Å². The second-order valence-corrected chi connectivity index (χ2v) is 12.6. The van der Waals surface area contributed by atoms with Gasteiger partial charge in [-0.15, -0.1) is 0 Å². The number of hydrogen-bond donors (Lipinski definition) is 0. The highest BCUT2D eigenvalue weighted by atomic mass is 28.4. The van der Waals surface area contributed by atoms with E-state index in [1.807, 2.05) is 0 Å². The van der Waals surface area contributed by atoms with E-state index in [4.69, 9.17) is 4.12 Å². The van der Waals surface area contributed by atoms with E-state index >= 15 is 0 Å². The Morgan fingerprint density at radius 3 is 1.76 bits per heavy atom. The van der Waals surface area contributed by atoms with E-state index in [0.29, 0.717) is 0 Å². The van der Waals surface area contributed by atoms with Gasteiger partial charge in [-0.3, -0.25) is 0 Å². The third-order valence-corrected chi connectivity index (χ3v) is 8.51. The fourth-order valence-corrected chi connectivity index (χ4v) is 8.22. The van der Waals surface area contributed by atoms with Gasteiger partial charge >= 0.3 is 0 Å². The summed E-state index contributed by atoms with van der Waals surface area (Å²) in [6.07, 6.45) is 11.4. The van der Waals surface area contributed by atoms with Crippen molar-refractivity contribution in [3.63, 3.8) is 0 Å². The molecule has 0 bridgehead atoms. The molecule has 0 aromatic carbocycles. The van der Waals surface area contributed by atoms with Crippen LogP contribution in [0.4, 0.5) is 0 Å². The lowest BCUT2D eigenvalue weighted by atomic mass is 10.1. The maximum Gasteiger partial charge on any atom is 0.191 e. The summed E-state index contributed by atoms with van der Waals surface area (Å²) in [5.41, 5.74) is 0. The molecule has 1 nitrogen and oxygen atoms in total. The fraction of sp³-hybridized carbons (Fsp3) is 1.00. The standard InChI is InChI=1S/C14H33OSi2/c1-6-7-8-9-10-11-12-13-14-17(4,5)15-16(2)3/h6-14H2,1-5H3. The van der Waals surface area contributed by atoms with Crippen LogP contribution in [0.3, 0.4) is 0 Å². The second kappa shape index (κ2) is 10.3. The third-order valence-electron chi connectivity index (χ3n) is 3.11.